The van der Waals surface area contributed by atoms with Crippen LogP contribution >= 0.6 is 0 Å². The molecule has 0 aliphatic carbocycles. The lowest BCUT2D eigenvalue weighted by atomic mass is 9.87. The molecule has 0 aliphatic rings. The highest BCUT2D eigenvalue weighted by Crippen LogP contribution is 2.25. The number of ether oxygens (including phenoxy) is 1. The highest BCUT2D eigenvalue weighted by Gasteiger charge is 2.26. The van der Waals surface area contributed by atoms with Crippen LogP contribution in [0.4, 0.5) is 0 Å². The molecule has 0 saturated carbocycles. The first-order valence-corrected chi connectivity index (χ1v) is 7.92. The summed E-state index contributed by atoms with van der Waals surface area (Å²) < 4.78 is 4.67. The fourth-order valence-corrected chi connectivity index (χ4v) is 2.61. The van der Waals surface area contributed by atoms with Gasteiger partial charge in [0.05, 0.1) is 13.7 Å². The Kier molecular flexibility index (Phi) is 5.88. The second-order valence-corrected chi connectivity index (χ2v) is 6.19. The van der Waals surface area contributed by atoms with E-state index < -0.39 is 5.54 Å². The second-order valence-electron chi connectivity index (χ2n) is 6.19. The van der Waals surface area contributed by atoms with Gasteiger partial charge < -0.3 is 4.74 Å². The molecule has 0 fully saturated rings. The highest BCUT2D eigenvalue weighted by atomic mass is 16.5. The Morgan fingerprint density at radius 3 is 2.29 bits per heavy atom. The van der Waals surface area contributed by atoms with Gasteiger partial charge in [0.25, 0.3) is 0 Å². The van der Waals surface area contributed by atoms with Gasteiger partial charge in [0.2, 0.25) is 0 Å². The van der Waals surface area contributed by atoms with E-state index in [0.29, 0.717) is 12.0 Å². The molecule has 0 heterocycles. The van der Waals surface area contributed by atoms with E-state index in [-0.39, 0.29) is 18.3 Å². The maximum Gasteiger partial charge on any atom is 0.319 e. The predicted molar refractivity (Wildman–Crippen MR) is 94.0 cm³/mol. The number of ketones is 1. The molecule has 2 rings (SSSR count). The number of benzene rings is 2. The number of nitrogens with one attached hydrogen (secondary N) is 1. The van der Waals surface area contributed by atoms with Crippen molar-refractivity contribution in [3.63, 3.8) is 0 Å². The number of carbonyl (C=O) groups excluding carboxylic acids is 2. The van der Waals surface area contributed by atoms with E-state index in [1.54, 1.807) is 0 Å². The van der Waals surface area contributed by atoms with E-state index >= 15 is 0 Å². The Morgan fingerprint density at radius 2 is 1.62 bits per heavy atom. The van der Waals surface area contributed by atoms with E-state index in [1.807, 2.05) is 68.4 Å². The molecule has 0 saturated heterocycles. The molecule has 0 unspecified atom stereocenters. The molecule has 4 nitrogen and oxygen atoms in total. The van der Waals surface area contributed by atoms with Crippen molar-refractivity contribution in [1.82, 2.24) is 5.32 Å². The van der Waals surface area contributed by atoms with Gasteiger partial charge in [-0.1, -0.05) is 54.6 Å². The third kappa shape index (κ3) is 4.52. The number of carbonyl (C=O) groups is 2. The largest absolute Gasteiger partial charge is 0.468 e. The van der Waals surface area contributed by atoms with Crippen LogP contribution in [0.15, 0.2) is 54.6 Å². The minimum Gasteiger partial charge on any atom is -0.468 e. The molecular weight excluding hydrogens is 302 g/mol. The summed E-state index contributed by atoms with van der Waals surface area (Å²) in [5.41, 5.74) is 1.99. The quantitative estimate of drug-likeness (QED) is 0.628. The summed E-state index contributed by atoms with van der Waals surface area (Å²) in [5, 5.41) is 3.16. The minimum atomic E-state index is -0.531. The molecule has 0 spiro atoms. The first-order valence-electron chi connectivity index (χ1n) is 7.92. The van der Waals surface area contributed by atoms with Crippen molar-refractivity contribution in [2.75, 3.05) is 13.7 Å². The van der Waals surface area contributed by atoms with E-state index in [1.165, 1.54) is 7.11 Å². The zero-order valence-corrected chi connectivity index (χ0v) is 14.3. The standard InChI is InChI=1S/C20H23NO3/c1-20(2,21-14-19(23)24-3)17-12-8-7-11-16(17)18(22)13-15-9-5-4-6-10-15/h4-12,21H,13-14H2,1-3H3. The molecule has 0 bridgehead atoms. The van der Waals surface area contributed by atoms with Crippen molar-refractivity contribution in [3.8, 4) is 0 Å². The molecule has 0 aliphatic heterocycles. The van der Waals surface area contributed by atoms with Crippen molar-refractivity contribution >= 4 is 11.8 Å². The molecule has 4 heteroatoms. The van der Waals surface area contributed by atoms with E-state index in [2.05, 4.69) is 10.1 Å². The zero-order valence-electron chi connectivity index (χ0n) is 14.3. The molecule has 126 valence electrons. The molecule has 1 N–H and O–H groups in total. The number of hydrogen-bond acceptors (Lipinski definition) is 4. The topological polar surface area (TPSA) is 55.4 Å². The number of esters is 1. The summed E-state index contributed by atoms with van der Waals surface area (Å²) in [4.78, 5) is 24.2. The Morgan fingerprint density at radius 1 is 1.00 bits per heavy atom. The maximum absolute atomic E-state index is 12.8. The summed E-state index contributed by atoms with van der Waals surface area (Å²) in [5.74, 6) is -0.277. The lowest BCUT2D eigenvalue weighted by Gasteiger charge is -2.28. The van der Waals surface area contributed by atoms with Crippen molar-refractivity contribution in [1.29, 1.82) is 0 Å². The number of methoxy groups -OCH3 is 1. The smallest absolute Gasteiger partial charge is 0.319 e. The van der Waals surface area contributed by atoms with Gasteiger partial charge in [-0.3, -0.25) is 14.9 Å². The minimum absolute atomic E-state index is 0.0599. The van der Waals surface area contributed by atoms with Gasteiger partial charge in [0, 0.05) is 17.5 Å². The lowest BCUT2D eigenvalue weighted by Crippen LogP contribution is -2.41. The maximum atomic E-state index is 12.8. The van der Waals surface area contributed by atoms with Gasteiger partial charge in [-0.15, -0.1) is 0 Å². The highest BCUT2D eigenvalue weighted by molar-refractivity contribution is 5.99. The van der Waals surface area contributed by atoms with Gasteiger partial charge in [-0.2, -0.15) is 0 Å². The van der Waals surface area contributed by atoms with Crippen LogP contribution in [0.5, 0.6) is 0 Å². The molecule has 0 amide bonds. The van der Waals surface area contributed by atoms with Gasteiger partial charge >= 0.3 is 5.97 Å². The predicted octanol–water partition coefficient (Wildman–Crippen LogP) is 3.11. The van der Waals surface area contributed by atoms with Crippen LogP contribution in [0, 0.1) is 0 Å². The van der Waals surface area contributed by atoms with Crippen LogP contribution in [-0.2, 0) is 21.5 Å². The molecule has 2 aromatic rings. The van der Waals surface area contributed by atoms with Gasteiger partial charge in [0.1, 0.15) is 0 Å². The molecule has 0 radical (unpaired) electrons. The summed E-state index contributed by atoms with van der Waals surface area (Å²) in [6, 6.07) is 17.2. The molecule has 0 atom stereocenters. The second kappa shape index (κ2) is 7.88. The van der Waals surface area contributed by atoms with Crippen molar-refractivity contribution in [2.45, 2.75) is 25.8 Å². The van der Waals surface area contributed by atoms with Crippen molar-refractivity contribution in [3.05, 3.63) is 71.3 Å². The average Bonchev–Trinajstić information content (AvgIpc) is 2.60. The zero-order chi connectivity index (χ0) is 17.6. The van der Waals surface area contributed by atoms with Gasteiger partial charge in [-0.25, -0.2) is 0 Å². The third-order valence-corrected chi connectivity index (χ3v) is 4.01. The van der Waals surface area contributed by atoms with Crippen LogP contribution in [-0.4, -0.2) is 25.4 Å². The van der Waals surface area contributed by atoms with E-state index in [9.17, 15) is 9.59 Å². The Bertz CT molecular complexity index is 708. The van der Waals surface area contributed by atoms with Gasteiger partial charge in [0.15, 0.2) is 5.78 Å². The summed E-state index contributed by atoms with van der Waals surface area (Å²) in [6.45, 7) is 3.99. The molecule has 2 aromatic carbocycles. The van der Waals surface area contributed by atoms with Crippen LogP contribution < -0.4 is 5.32 Å². The summed E-state index contributed by atoms with van der Waals surface area (Å²) >= 11 is 0. The number of Topliss-reactive ketones (excluding diaryl/α,β-unsaturated/α-hetero) is 1. The SMILES string of the molecule is COC(=O)CNC(C)(C)c1ccccc1C(=O)Cc1ccccc1. The molecule has 0 aromatic heterocycles. The lowest BCUT2D eigenvalue weighted by molar-refractivity contribution is -0.139. The Labute approximate surface area is 142 Å². The Balaban J connectivity index is 2.22. The first kappa shape index (κ1) is 17.9. The Hall–Kier alpha value is -2.46. The van der Waals surface area contributed by atoms with E-state index in [0.717, 1.165) is 11.1 Å². The van der Waals surface area contributed by atoms with Crippen LogP contribution in [0.25, 0.3) is 0 Å². The number of rotatable bonds is 7. The normalized spacial score (nSPS) is 11.1. The molecule has 24 heavy (non-hydrogen) atoms. The van der Waals surface area contributed by atoms with E-state index in [4.69, 9.17) is 0 Å². The monoisotopic (exact) mass is 325 g/mol. The van der Waals surface area contributed by atoms with Crippen LogP contribution in [0.2, 0.25) is 0 Å². The van der Waals surface area contributed by atoms with Crippen LogP contribution in [0.1, 0.15) is 35.3 Å². The van der Waals surface area contributed by atoms with Gasteiger partial charge in [-0.05, 0) is 25.0 Å². The summed E-state index contributed by atoms with van der Waals surface area (Å²) in [7, 11) is 1.36. The fourth-order valence-electron chi connectivity index (χ4n) is 2.61. The number of hydrogen-bond donors (Lipinski definition) is 1. The molecular formula is C20H23NO3. The van der Waals surface area contributed by atoms with Crippen LogP contribution in [0.3, 0.4) is 0 Å². The van der Waals surface area contributed by atoms with Crippen molar-refractivity contribution < 1.29 is 14.3 Å². The average molecular weight is 325 g/mol. The fraction of sp³-hybridized carbons (Fsp3) is 0.300. The van der Waals surface area contributed by atoms with Crippen molar-refractivity contribution in [2.24, 2.45) is 0 Å². The summed E-state index contributed by atoms with van der Waals surface area (Å²) in [6.07, 6.45) is 0.352. The first-order chi connectivity index (χ1) is 11.4. The third-order valence-electron chi connectivity index (χ3n) is 4.01.